The predicted octanol–water partition coefficient (Wildman–Crippen LogP) is 3.14. The number of nitrogens with zero attached hydrogens (tertiary/aromatic N) is 1. The summed E-state index contributed by atoms with van der Waals surface area (Å²) >= 11 is 0. The summed E-state index contributed by atoms with van der Waals surface area (Å²) in [5.41, 5.74) is -0.0469. The van der Waals surface area contributed by atoms with Gasteiger partial charge in [0.2, 0.25) is 0 Å². The summed E-state index contributed by atoms with van der Waals surface area (Å²) in [6.45, 7) is 6.75. The third-order valence-corrected chi connectivity index (χ3v) is 5.06. The number of likely N-dealkylation sites (tertiary alicyclic amines) is 1. The first kappa shape index (κ1) is 13.9. The summed E-state index contributed by atoms with van der Waals surface area (Å²) < 4.78 is 0. The Morgan fingerprint density at radius 1 is 1.28 bits per heavy atom. The Morgan fingerprint density at radius 3 is 2.50 bits per heavy atom. The Balaban J connectivity index is 2.27. The Bertz CT molecular complexity index is 297. The van der Waals surface area contributed by atoms with Crippen molar-refractivity contribution in [3.05, 3.63) is 0 Å². The minimum absolute atomic E-state index is 0.0469. The summed E-state index contributed by atoms with van der Waals surface area (Å²) in [4.78, 5) is 13.9. The number of carboxylic acids is 1. The zero-order valence-corrected chi connectivity index (χ0v) is 11.8. The third-order valence-electron chi connectivity index (χ3n) is 5.06. The molecule has 3 heteroatoms. The third kappa shape index (κ3) is 2.56. The Morgan fingerprint density at radius 2 is 1.94 bits per heavy atom. The molecule has 1 aliphatic heterocycles. The smallest absolute Gasteiger partial charge is 0.305 e. The maximum absolute atomic E-state index is 11.4. The van der Waals surface area contributed by atoms with Crippen molar-refractivity contribution in [3.63, 3.8) is 0 Å². The van der Waals surface area contributed by atoms with E-state index in [4.69, 9.17) is 0 Å². The van der Waals surface area contributed by atoms with Gasteiger partial charge in [0.15, 0.2) is 0 Å². The molecular weight excluding hydrogens is 226 g/mol. The zero-order valence-electron chi connectivity index (χ0n) is 11.8. The van der Waals surface area contributed by atoms with Crippen molar-refractivity contribution in [1.29, 1.82) is 0 Å². The molecule has 0 spiro atoms. The van der Waals surface area contributed by atoms with Crippen LogP contribution in [0.25, 0.3) is 0 Å². The minimum Gasteiger partial charge on any atom is -0.481 e. The average molecular weight is 253 g/mol. The van der Waals surface area contributed by atoms with Crippen molar-refractivity contribution >= 4 is 5.97 Å². The highest BCUT2D eigenvalue weighted by Crippen LogP contribution is 2.45. The second-order valence-corrected chi connectivity index (χ2v) is 6.46. The van der Waals surface area contributed by atoms with Crippen molar-refractivity contribution in [1.82, 2.24) is 4.90 Å². The highest BCUT2D eigenvalue weighted by atomic mass is 16.4. The van der Waals surface area contributed by atoms with E-state index in [1.165, 1.54) is 32.1 Å². The van der Waals surface area contributed by atoms with Gasteiger partial charge in [0, 0.05) is 5.54 Å². The number of hydrogen-bond donors (Lipinski definition) is 1. The molecule has 18 heavy (non-hydrogen) atoms. The molecule has 104 valence electrons. The fourth-order valence-corrected chi connectivity index (χ4v) is 4.35. The Labute approximate surface area is 111 Å². The number of aliphatic carboxylic acids is 1. The standard InChI is InChI=1S/C15H27NO2/c1-12(2)13-7-3-4-8-15(13,11-14(17)18)16-9-5-6-10-16/h12-13H,3-11H2,1-2H3,(H,17,18). The largest absolute Gasteiger partial charge is 0.481 e. The average Bonchev–Trinajstić information content (AvgIpc) is 2.82. The molecule has 1 saturated carbocycles. The SMILES string of the molecule is CC(C)C1CCCCC1(CC(=O)O)N1CCCC1. The van der Waals surface area contributed by atoms with E-state index < -0.39 is 5.97 Å². The van der Waals surface area contributed by atoms with Crippen molar-refractivity contribution in [3.8, 4) is 0 Å². The highest BCUT2D eigenvalue weighted by molar-refractivity contribution is 5.68. The first-order valence-corrected chi connectivity index (χ1v) is 7.53. The van der Waals surface area contributed by atoms with Gasteiger partial charge in [-0.25, -0.2) is 0 Å². The van der Waals surface area contributed by atoms with Gasteiger partial charge in [0.25, 0.3) is 0 Å². The van der Waals surface area contributed by atoms with Crippen LogP contribution in [-0.2, 0) is 4.79 Å². The zero-order chi connectivity index (χ0) is 13.2. The number of carboxylic acid groups (broad SMARTS) is 1. The molecule has 2 unspecified atom stereocenters. The van der Waals surface area contributed by atoms with Gasteiger partial charge < -0.3 is 5.11 Å². The molecule has 1 saturated heterocycles. The lowest BCUT2D eigenvalue weighted by Gasteiger charge is -2.51. The van der Waals surface area contributed by atoms with Crippen LogP contribution < -0.4 is 0 Å². The molecule has 2 fully saturated rings. The van der Waals surface area contributed by atoms with E-state index in [0.29, 0.717) is 18.3 Å². The second kappa shape index (κ2) is 5.60. The molecular formula is C15H27NO2. The van der Waals surface area contributed by atoms with Crippen LogP contribution in [0, 0.1) is 11.8 Å². The van der Waals surface area contributed by atoms with Crippen molar-refractivity contribution in [2.24, 2.45) is 11.8 Å². The lowest BCUT2D eigenvalue weighted by atomic mass is 9.65. The first-order chi connectivity index (χ1) is 8.56. The molecule has 1 aliphatic carbocycles. The van der Waals surface area contributed by atoms with Crippen molar-refractivity contribution < 1.29 is 9.90 Å². The monoisotopic (exact) mass is 253 g/mol. The van der Waals surface area contributed by atoms with Crippen molar-refractivity contribution in [2.75, 3.05) is 13.1 Å². The molecule has 1 heterocycles. The van der Waals surface area contributed by atoms with Gasteiger partial charge in [0.05, 0.1) is 6.42 Å². The second-order valence-electron chi connectivity index (χ2n) is 6.46. The van der Waals surface area contributed by atoms with E-state index in [1.54, 1.807) is 0 Å². The number of carbonyl (C=O) groups is 1. The van der Waals surface area contributed by atoms with Crippen LogP contribution in [0.5, 0.6) is 0 Å². The van der Waals surface area contributed by atoms with Gasteiger partial charge in [0.1, 0.15) is 0 Å². The molecule has 2 aliphatic rings. The molecule has 0 radical (unpaired) electrons. The lowest BCUT2D eigenvalue weighted by molar-refractivity contribution is -0.143. The molecule has 0 aromatic heterocycles. The number of rotatable bonds is 4. The summed E-state index contributed by atoms with van der Waals surface area (Å²) in [7, 11) is 0. The number of hydrogen-bond acceptors (Lipinski definition) is 2. The van der Waals surface area contributed by atoms with E-state index in [2.05, 4.69) is 18.7 Å². The fourth-order valence-electron chi connectivity index (χ4n) is 4.35. The van der Waals surface area contributed by atoms with Gasteiger partial charge in [-0.2, -0.15) is 0 Å². The van der Waals surface area contributed by atoms with Gasteiger partial charge in [-0.1, -0.05) is 26.7 Å². The normalized spacial score (nSPS) is 34.1. The van der Waals surface area contributed by atoms with Crippen LogP contribution >= 0.6 is 0 Å². The fraction of sp³-hybridized carbons (Fsp3) is 0.933. The van der Waals surface area contributed by atoms with Crippen LogP contribution in [0.3, 0.4) is 0 Å². The van der Waals surface area contributed by atoms with Crippen LogP contribution in [-0.4, -0.2) is 34.6 Å². The van der Waals surface area contributed by atoms with Crippen LogP contribution in [0.2, 0.25) is 0 Å². The van der Waals surface area contributed by atoms with E-state index in [0.717, 1.165) is 19.5 Å². The summed E-state index contributed by atoms with van der Waals surface area (Å²) in [6.07, 6.45) is 7.60. The van der Waals surface area contributed by atoms with Gasteiger partial charge >= 0.3 is 5.97 Å². The molecule has 0 aromatic rings. The summed E-state index contributed by atoms with van der Waals surface area (Å²) in [5, 5.41) is 9.36. The maximum Gasteiger partial charge on any atom is 0.305 e. The highest BCUT2D eigenvalue weighted by Gasteiger charge is 2.48. The summed E-state index contributed by atoms with van der Waals surface area (Å²) in [5.74, 6) is 0.528. The maximum atomic E-state index is 11.4. The van der Waals surface area contributed by atoms with E-state index in [-0.39, 0.29) is 5.54 Å². The van der Waals surface area contributed by atoms with Gasteiger partial charge in [-0.15, -0.1) is 0 Å². The van der Waals surface area contributed by atoms with E-state index in [9.17, 15) is 9.90 Å². The molecule has 3 nitrogen and oxygen atoms in total. The molecule has 1 N–H and O–H groups in total. The Hall–Kier alpha value is -0.570. The topological polar surface area (TPSA) is 40.5 Å². The quantitative estimate of drug-likeness (QED) is 0.836. The van der Waals surface area contributed by atoms with E-state index >= 15 is 0 Å². The molecule has 2 atom stereocenters. The van der Waals surface area contributed by atoms with Crippen molar-refractivity contribution in [2.45, 2.75) is 64.3 Å². The van der Waals surface area contributed by atoms with Crippen LogP contribution in [0.4, 0.5) is 0 Å². The van der Waals surface area contributed by atoms with Crippen LogP contribution in [0.1, 0.15) is 58.8 Å². The lowest BCUT2D eigenvalue weighted by Crippen LogP contribution is -2.57. The molecule has 0 aromatic carbocycles. The minimum atomic E-state index is -0.616. The molecule has 0 bridgehead atoms. The Kier molecular flexibility index (Phi) is 4.31. The molecule has 0 amide bonds. The van der Waals surface area contributed by atoms with E-state index in [1.807, 2.05) is 0 Å². The van der Waals surface area contributed by atoms with Gasteiger partial charge in [-0.3, -0.25) is 9.69 Å². The molecule has 2 rings (SSSR count). The summed E-state index contributed by atoms with van der Waals surface area (Å²) in [6, 6.07) is 0. The predicted molar refractivity (Wildman–Crippen MR) is 72.6 cm³/mol. The van der Waals surface area contributed by atoms with Crippen LogP contribution in [0.15, 0.2) is 0 Å². The first-order valence-electron chi connectivity index (χ1n) is 7.53. The van der Waals surface area contributed by atoms with Gasteiger partial charge in [-0.05, 0) is 50.6 Å².